The second-order valence-corrected chi connectivity index (χ2v) is 9.82. The maximum atomic E-state index is 13.5. The fourth-order valence-corrected chi connectivity index (χ4v) is 4.90. The lowest BCUT2D eigenvalue weighted by Gasteiger charge is -2.25. The summed E-state index contributed by atoms with van der Waals surface area (Å²) in [7, 11) is 4.71. The van der Waals surface area contributed by atoms with Gasteiger partial charge in [0.2, 0.25) is 11.9 Å². The number of methoxy groups -OCH3 is 3. The lowest BCUT2D eigenvalue weighted by Crippen LogP contribution is -2.42. The standard InChI is InChI=1S/C32H34N4O6/c1-39-25-14-11-23(12-15-25)31(38)35(19-26-10-7-17-42-26)21-30(37)34-32-33-27(22-8-5-4-6-9-22)20-36(32)24-13-16-28(40-2)29(18-24)41-3/h4-6,8-9,11-16,18,20,26H,7,10,17,19,21H2,1-3H3,(H,33,34,37)/t26-/m1/s1. The van der Waals surface area contributed by atoms with Crippen molar-refractivity contribution in [1.82, 2.24) is 14.5 Å². The minimum absolute atomic E-state index is 0.126. The Morgan fingerprint density at radius 2 is 1.74 bits per heavy atom. The van der Waals surface area contributed by atoms with E-state index in [4.69, 9.17) is 23.9 Å². The normalized spacial score (nSPS) is 14.3. The fourth-order valence-electron chi connectivity index (χ4n) is 4.90. The third-order valence-electron chi connectivity index (χ3n) is 7.08. The fraction of sp³-hybridized carbons (Fsp3) is 0.281. The zero-order chi connectivity index (χ0) is 29.5. The van der Waals surface area contributed by atoms with Crippen LogP contribution in [0.15, 0.2) is 79.0 Å². The van der Waals surface area contributed by atoms with E-state index in [-0.39, 0.29) is 24.5 Å². The van der Waals surface area contributed by atoms with E-state index in [1.807, 2.05) is 48.7 Å². The maximum Gasteiger partial charge on any atom is 0.254 e. The lowest BCUT2D eigenvalue weighted by molar-refractivity contribution is -0.117. The molecule has 2 amide bonds. The van der Waals surface area contributed by atoms with Crippen molar-refractivity contribution < 1.29 is 28.5 Å². The third-order valence-corrected chi connectivity index (χ3v) is 7.08. The Morgan fingerprint density at radius 3 is 2.40 bits per heavy atom. The number of carbonyl (C=O) groups is 2. The van der Waals surface area contributed by atoms with Gasteiger partial charge in [-0.3, -0.25) is 19.5 Å². The molecule has 0 unspecified atom stereocenters. The molecule has 2 heterocycles. The van der Waals surface area contributed by atoms with E-state index in [1.54, 1.807) is 56.2 Å². The summed E-state index contributed by atoms with van der Waals surface area (Å²) in [6.07, 6.45) is 3.47. The SMILES string of the molecule is COc1ccc(C(=O)N(CC(=O)Nc2nc(-c3ccccc3)cn2-c2ccc(OC)c(OC)c2)C[C@H]2CCCO2)cc1. The summed E-state index contributed by atoms with van der Waals surface area (Å²) in [5, 5.41) is 2.93. The van der Waals surface area contributed by atoms with Crippen molar-refractivity contribution >= 4 is 17.8 Å². The quantitative estimate of drug-likeness (QED) is 0.276. The van der Waals surface area contributed by atoms with Gasteiger partial charge >= 0.3 is 0 Å². The smallest absolute Gasteiger partial charge is 0.254 e. The van der Waals surface area contributed by atoms with Gasteiger partial charge in [0, 0.05) is 36.5 Å². The van der Waals surface area contributed by atoms with Gasteiger partial charge in [0.15, 0.2) is 11.5 Å². The summed E-state index contributed by atoms with van der Waals surface area (Å²) in [6.45, 7) is 0.772. The van der Waals surface area contributed by atoms with Crippen LogP contribution in [0.3, 0.4) is 0 Å². The molecule has 42 heavy (non-hydrogen) atoms. The highest BCUT2D eigenvalue weighted by atomic mass is 16.5. The molecule has 218 valence electrons. The molecule has 1 N–H and O–H groups in total. The van der Waals surface area contributed by atoms with Crippen LogP contribution in [0, 0.1) is 0 Å². The Hall–Kier alpha value is -4.83. The predicted octanol–water partition coefficient (Wildman–Crippen LogP) is 4.83. The third kappa shape index (κ3) is 6.55. The minimum atomic E-state index is -0.387. The van der Waals surface area contributed by atoms with Gasteiger partial charge in [-0.05, 0) is 49.2 Å². The number of rotatable bonds is 11. The molecule has 1 atom stereocenters. The van der Waals surface area contributed by atoms with Gasteiger partial charge in [0.25, 0.3) is 5.91 Å². The number of aromatic nitrogens is 2. The monoisotopic (exact) mass is 570 g/mol. The van der Waals surface area contributed by atoms with Crippen LogP contribution in [-0.4, -0.2) is 73.4 Å². The summed E-state index contributed by atoms with van der Waals surface area (Å²) >= 11 is 0. The Bertz CT molecular complexity index is 1510. The highest BCUT2D eigenvalue weighted by Crippen LogP contribution is 2.32. The van der Waals surface area contributed by atoms with Crippen LogP contribution in [0.2, 0.25) is 0 Å². The first-order valence-electron chi connectivity index (χ1n) is 13.7. The van der Waals surface area contributed by atoms with E-state index in [0.717, 1.165) is 18.4 Å². The number of anilines is 1. The van der Waals surface area contributed by atoms with Crippen LogP contribution in [0.5, 0.6) is 17.2 Å². The molecule has 1 aliphatic rings. The van der Waals surface area contributed by atoms with Crippen molar-refractivity contribution in [1.29, 1.82) is 0 Å². The predicted molar refractivity (Wildman–Crippen MR) is 159 cm³/mol. The number of hydrogen-bond donors (Lipinski definition) is 1. The number of amides is 2. The number of hydrogen-bond acceptors (Lipinski definition) is 7. The zero-order valence-corrected chi connectivity index (χ0v) is 23.9. The van der Waals surface area contributed by atoms with Gasteiger partial charge in [0.05, 0.1) is 38.8 Å². The Labute approximate surface area is 244 Å². The highest BCUT2D eigenvalue weighted by Gasteiger charge is 2.26. The van der Waals surface area contributed by atoms with Gasteiger partial charge in [-0.2, -0.15) is 0 Å². The second kappa shape index (κ2) is 13.2. The summed E-state index contributed by atoms with van der Waals surface area (Å²) < 4.78 is 23.7. The maximum absolute atomic E-state index is 13.5. The van der Waals surface area contributed by atoms with Crippen LogP contribution in [0.1, 0.15) is 23.2 Å². The number of ether oxygens (including phenoxy) is 4. The Morgan fingerprint density at radius 1 is 0.976 bits per heavy atom. The van der Waals surface area contributed by atoms with Gasteiger partial charge < -0.3 is 23.8 Å². The van der Waals surface area contributed by atoms with Crippen LogP contribution in [-0.2, 0) is 9.53 Å². The molecule has 4 aromatic rings. The van der Waals surface area contributed by atoms with Crippen LogP contribution < -0.4 is 19.5 Å². The second-order valence-electron chi connectivity index (χ2n) is 9.82. The lowest BCUT2D eigenvalue weighted by atomic mass is 10.1. The van der Waals surface area contributed by atoms with Gasteiger partial charge in [-0.25, -0.2) is 4.98 Å². The Balaban J connectivity index is 1.43. The molecule has 3 aromatic carbocycles. The average molecular weight is 571 g/mol. The number of carbonyl (C=O) groups excluding carboxylic acids is 2. The summed E-state index contributed by atoms with van der Waals surface area (Å²) in [4.78, 5) is 33.3. The first-order chi connectivity index (χ1) is 20.5. The molecule has 0 bridgehead atoms. The number of imidazole rings is 1. The zero-order valence-electron chi connectivity index (χ0n) is 23.9. The van der Waals surface area contributed by atoms with Crippen LogP contribution in [0.4, 0.5) is 5.95 Å². The summed E-state index contributed by atoms with van der Waals surface area (Å²) in [5.41, 5.74) is 2.73. The molecule has 10 nitrogen and oxygen atoms in total. The molecule has 1 fully saturated rings. The van der Waals surface area contributed by atoms with E-state index in [2.05, 4.69) is 5.32 Å². The van der Waals surface area contributed by atoms with Crippen molar-refractivity contribution in [2.45, 2.75) is 18.9 Å². The molecular weight excluding hydrogens is 536 g/mol. The number of benzene rings is 3. The van der Waals surface area contributed by atoms with Crippen LogP contribution >= 0.6 is 0 Å². The van der Waals surface area contributed by atoms with E-state index in [9.17, 15) is 9.59 Å². The van der Waals surface area contributed by atoms with Gasteiger partial charge in [0.1, 0.15) is 12.3 Å². The first kappa shape index (κ1) is 28.7. The first-order valence-corrected chi connectivity index (χ1v) is 13.7. The minimum Gasteiger partial charge on any atom is -0.497 e. The van der Waals surface area contributed by atoms with Crippen molar-refractivity contribution in [3.63, 3.8) is 0 Å². The molecule has 0 radical (unpaired) electrons. The van der Waals surface area contributed by atoms with Crippen molar-refractivity contribution in [3.05, 3.63) is 84.6 Å². The molecule has 5 rings (SSSR count). The molecule has 10 heteroatoms. The largest absolute Gasteiger partial charge is 0.497 e. The van der Waals surface area contributed by atoms with Crippen molar-refractivity contribution in [3.8, 4) is 34.2 Å². The number of nitrogens with zero attached hydrogens (tertiary/aromatic N) is 3. The van der Waals surface area contributed by atoms with Crippen molar-refractivity contribution in [2.75, 3.05) is 46.3 Å². The topological polar surface area (TPSA) is 104 Å². The summed E-state index contributed by atoms with van der Waals surface area (Å²) in [6, 6.07) is 22.0. The van der Waals surface area contributed by atoms with E-state index in [0.29, 0.717) is 53.3 Å². The molecule has 0 saturated carbocycles. The number of nitrogens with one attached hydrogen (secondary N) is 1. The molecule has 1 saturated heterocycles. The van der Waals surface area contributed by atoms with E-state index < -0.39 is 0 Å². The molecule has 1 aliphatic heterocycles. The Kier molecular flexibility index (Phi) is 9.03. The van der Waals surface area contributed by atoms with Gasteiger partial charge in [-0.15, -0.1) is 0 Å². The molecule has 0 spiro atoms. The van der Waals surface area contributed by atoms with Crippen LogP contribution in [0.25, 0.3) is 16.9 Å². The molecule has 0 aliphatic carbocycles. The summed E-state index contributed by atoms with van der Waals surface area (Å²) in [5.74, 6) is 1.41. The molecule has 1 aromatic heterocycles. The molecular formula is C32H34N4O6. The van der Waals surface area contributed by atoms with E-state index >= 15 is 0 Å². The van der Waals surface area contributed by atoms with Gasteiger partial charge in [-0.1, -0.05) is 30.3 Å². The van der Waals surface area contributed by atoms with E-state index in [1.165, 1.54) is 4.90 Å². The van der Waals surface area contributed by atoms with Crippen molar-refractivity contribution in [2.24, 2.45) is 0 Å². The average Bonchev–Trinajstić information content (AvgIpc) is 3.70. The highest BCUT2D eigenvalue weighted by molar-refractivity contribution is 5.99.